The largest absolute Gasteiger partial charge is 0.0743 e. The van der Waals surface area contributed by atoms with Crippen molar-refractivity contribution in [2.75, 3.05) is 0 Å². The van der Waals surface area contributed by atoms with Crippen molar-refractivity contribution >= 4 is 0 Å². The van der Waals surface area contributed by atoms with E-state index >= 15 is 0 Å². The molecule has 0 N–H and O–H groups in total. The van der Waals surface area contributed by atoms with Crippen LogP contribution in [0.2, 0.25) is 0 Å². The lowest BCUT2D eigenvalue weighted by Crippen LogP contribution is -2.18. The van der Waals surface area contributed by atoms with E-state index in [1.807, 2.05) is 0 Å². The molecule has 74 valence electrons. The first-order valence-electron chi connectivity index (χ1n) is 5.68. The zero-order valence-electron chi connectivity index (χ0n) is 9.27. The number of hydrogen-bond donors (Lipinski definition) is 0. The molecule has 0 heterocycles. The van der Waals surface area contributed by atoms with Crippen molar-refractivity contribution in [1.82, 2.24) is 0 Å². The van der Waals surface area contributed by atoms with Crippen LogP contribution in [0.25, 0.3) is 0 Å². The van der Waals surface area contributed by atoms with Crippen molar-refractivity contribution < 1.29 is 0 Å². The Morgan fingerprint density at radius 3 is 2.15 bits per heavy atom. The molecule has 0 amide bonds. The normalized spacial score (nSPS) is 19.2. The van der Waals surface area contributed by atoms with Crippen molar-refractivity contribution in [2.24, 2.45) is 5.41 Å². The monoisotopic (exact) mass is 178 g/mol. The van der Waals surface area contributed by atoms with Gasteiger partial charge in [0.25, 0.3) is 0 Å². The molecular formula is C13H22. The maximum absolute atomic E-state index is 2.43. The van der Waals surface area contributed by atoms with Gasteiger partial charge in [-0.2, -0.15) is 0 Å². The minimum Gasteiger partial charge on any atom is -0.0743 e. The Balaban J connectivity index is 2.77. The number of rotatable bonds is 5. The lowest BCUT2D eigenvalue weighted by Gasteiger charge is -2.30. The Morgan fingerprint density at radius 1 is 1.08 bits per heavy atom. The number of allylic oxidation sites excluding steroid dienone is 4. The third-order valence-corrected chi connectivity index (χ3v) is 3.13. The Bertz CT molecular complexity index is 202. The molecule has 13 heavy (non-hydrogen) atoms. The minimum atomic E-state index is 0.443. The van der Waals surface area contributed by atoms with Crippen LogP contribution in [-0.4, -0.2) is 0 Å². The maximum atomic E-state index is 2.43. The van der Waals surface area contributed by atoms with Gasteiger partial charge in [-0.15, -0.1) is 0 Å². The highest BCUT2D eigenvalue weighted by Crippen LogP contribution is 2.43. The third kappa shape index (κ3) is 2.04. The Morgan fingerprint density at radius 2 is 1.69 bits per heavy atom. The van der Waals surface area contributed by atoms with Crippen molar-refractivity contribution in [3.05, 3.63) is 23.8 Å². The van der Waals surface area contributed by atoms with Gasteiger partial charge in [-0.05, 0) is 19.3 Å². The second-order valence-corrected chi connectivity index (χ2v) is 4.06. The zero-order valence-corrected chi connectivity index (χ0v) is 9.27. The van der Waals surface area contributed by atoms with Crippen molar-refractivity contribution in [3.8, 4) is 0 Å². The predicted molar refractivity (Wildman–Crippen MR) is 59.8 cm³/mol. The highest BCUT2D eigenvalue weighted by atomic mass is 14.3. The van der Waals surface area contributed by atoms with Gasteiger partial charge in [0.1, 0.15) is 0 Å². The van der Waals surface area contributed by atoms with Gasteiger partial charge in [0.2, 0.25) is 0 Å². The van der Waals surface area contributed by atoms with E-state index in [-0.39, 0.29) is 0 Å². The minimum absolute atomic E-state index is 0.443. The third-order valence-electron chi connectivity index (χ3n) is 3.13. The first-order chi connectivity index (χ1) is 6.29. The van der Waals surface area contributed by atoms with Gasteiger partial charge in [-0.25, -0.2) is 0 Å². The molecule has 0 unspecified atom stereocenters. The Hall–Kier alpha value is -0.520. The molecule has 1 rings (SSSR count). The van der Waals surface area contributed by atoms with Crippen molar-refractivity contribution in [1.29, 1.82) is 0 Å². The second-order valence-electron chi connectivity index (χ2n) is 4.06. The molecular weight excluding hydrogens is 156 g/mol. The molecule has 0 fully saturated rings. The van der Waals surface area contributed by atoms with E-state index in [9.17, 15) is 0 Å². The van der Waals surface area contributed by atoms with Gasteiger partial charge < -0.3 is 0 Å². The van der Waals surface area contributed by atoms with E-state index in [1.165, 1.54) is 32.1 Å². The topological polar surface area (TPSA) is 0 Å². The highest BCUT2D eigenvalue weighted by molar-refractivity contribution is 5.33. The zero-order chi connectivity index (χ0) is 9.73. The van der Waals surface area contributed by atoms with Crippen LogP contribution in [-0.2, 0) is 0 Å². The van der Waals surface area contributed by atoms with Crippen molar-refractivity contribution in [3.63, 3.8) is 0 Å². The van der Waals surface area contributed by atoms with Gasteiger partial charge in [0.15, 0.2) is 0 Å². The summed E-state index contributed by atoms with van der Waals surface area (Å²) in [6, 6.07) is 0. The molecule has 0 aromatic carbocycles. The molecule has 1 aliphatic rings. The summed E-state index contributed by atoms with van der Waals surface area (Å²) in [4.78, 5) is 0. The van der Waals surface area contributed by atoms with E-state index in [0.29, 0.717) is 5.41 Å². The van der Waals surface area contributed by atoms with E-state index in [1.54, 1.807) is 5.57 Å². The van der Waals surface area contributed by atoms with E-state index < -0.39 is 0 Å². The van der Waals surface area contributed by atoms with Crippen LogP contribution in [0.15, 0.2) is 23.8 Å². The first-order valence-corrected chi connectivity index (χ1v) is 5.68. The maximum Gasteiger partial charge on any atom is 0.00966 e. The molecule has 1 aliphatic carbocycles. The van der Waals surface area contributed by atoms with E-state index in [2.05, 4.69) is 39.0 Å². The second kappa shape index (κ2) is 4.64. The lowest BCUT2D eigenvalue weighted by molar-refractivity contribution is 0.376. The van der Waals surface area contributed by atoms with Crippen LogP contribution in [0.5, 0.6) is 0 Å². The summed E-state index contributed by atoms with van der Waals surface area (Å²) < 4.78 is 0. The number of hydrogen-bond acceptors (Lipinski definition) is 0. The summed E-state index contributed by atoms with van der Waals surface area (Å²) in [6.45, 7) is 6.85. The summed E-state index contributed by atoms with van der Waals surface area (Å²) in [5.74, 6) is 0. The molecule has 0 aromatic heterocycles. The highest BCUT2D eigenvalue weighted by Gasteiger charge is 2.30. The summed E-state index contributed by atoms with van der Waals surface area (Å²) in [5, 5.41) is 0. The summed E-state index contributed by atoms with van der Waals surface area (Å²) in [5.41, 5.74) is 2.09. The Labute approximate surface area is 82.7 Å². The fourth-order valence-electron chi connectivity index (χ4n) is 2.60. The van der Waals surface area contributed by atoms with Crippen LogP contribution >= 0.6 is 0 Å². The summed E-state index contributed by atoms with van der Waals surface area (Å²) in [7, 11) is 0. The molecule has 0 heteroatoms. The van der Waals surface area contributed by atoms with E-state index in [4.69, 9.17) is 0 Å². The molecule has 0 nitrogen and oxygen atoms in total. The first kappa shape index (κ1) is 10.6. The average molecular weight is 178 g/mol. The van der Waals surface area contributed by atoms with Crippen LogP contribution in [0, 0.1) is 5.41 Å². The van der Waals surface area contributed by atoms with Gasteiger partial charge in [-0.3, -0.25) is 0 Å². The van der Waals surface area contributed by atoms with Crippen LogP contribution < -0.4 is 0 Å². The van der Waals surface area contributed by atoms with Gasteiger partial charge in [0, 0.05) is 5.41 Å². The smallest absolute Gasteiger partial charge is 0.00966 e. The van der Waals surface area contributed by atoms with Gasteiger partial charge >= 0.3 is 0 Å². The van der Waals surface area contributed by atoms with Crippen LogP contribution in [0.3, 0.4) is 0 Å². The van der Waals surface area contributed by atoms with E-state index in [0.717, 1.165) is 0 Å². The molecule has 0 aromatic rings. The van der Waals surface area contributed by atoms with Gasteiger partial charge in [0.05, 0.1) is 0 Å². The van der Waals surface area contributed by atoms with Crippen LogP contribution in [0.1, 0.15) is 52.9 Å². The summed E-state index contributed by atoms with van der Waals surface area (Å²) in [6.07, 6.45) is 13.5. The average Bonchev–Trinajstić information content (AvgIpc) is 2.49. The SMILES string of the molecule is CCCC1(CCC)C=CC=C1CC. The molecule has 0 bridgehead atoms. The van der Waals surface area contributed by atoms with Gasteiger partial charge in [-0.1, -0.05) is 57.4 Å². The fourth-order valence-corrected chi connectivity index (χ4v) is 2.60. The molecule has 0 saturated carbocycles. The standard InChI is InChI=1S/C13H22/c1-4-9-13(10-5-2)11-7-8-12(13)6-3/h7-8,11H,4-6,9-10H2,1-3H3. The Kier molecular flexibility index (Phi) is 3.77. The molecule has 0 atom stereocenters. The molecule has 0 radical (unpaired) electrons. The molecule has 0 saturated heterocycles. The fraction of sp³-hybridized carbons (Fsp3) is 0.692. The lowest BCUT2D eigenvalue weighted by atomic mass is 9.74. The predicted octanol–water partition coefficient (Wildman–Crippen LogP) is 4.48. The molecule has 0 spiro atoms. The molecule has 0 aliphatic heterocycles. The van der Waals surface area contributed by atoms with Crippen molar-refractivity contribution in [2.45, 2.75) is 52.9 Å². The summed E-state index contributed by atoms with van der Waals surface area (Å²) >= 11 is 0. The van der Waals surface area contributed by atoms with Crippen LogP contribution in [0.4, 0.5) is 0 Å². The quantitative estimate of drug-likeness (QED) is 0.582.